The molecule has 1 aliphatic rings. The third kappa shape index (κ3) is 3.02. The number of aromatic amines is 1. The molecule has 8 nitrogen and oxygen atoms in total. The van der Waals surface area contributed by atoms with Crippen LogP contribution in [0, 0.1) is 0 Å². The summed E-state index contributed by atoms with van der Waals surface area (Å²) in [5.41, 5.74) is 0.656. The van der Waals surface area contributed by atoms with Crippen molar-refractivity contribution in [1.82, 2.24) is 14.2 Å². The van der Waals surface area contributed by atoms with Crippen molar-refractivity contribution >= 4 is 27.0 Å². The summed E-state index contributed by atoms with van der Waals surface area (Å²) in [5.74, 6) is -0.679. The van der Waals surface area contributed by atoms with Crippen molar-refractivity contribution in [2.45, 2.75) is 18.2 Å². The lowest BCUT2D eigenvalue weighted by atomic mass is 10.3. The number of rotatable bonds is 2. The first-order valence-corrected chi connectivity index (χ1v) is 8.70. The number of fused-ring (bicyclic) bond motifs is 1. The molecule has 2 heterocycles. The van der Waals surface area contributed by atoms with Crippen molar-refractivity contribution in [3.8, 4) is 0 Å². The molecule has 3 rings (SSSR count). The predicted octanol–water partition coefficient (Wildman–Crippen LogP) is 0.364. The summed E-state index contributed by atoms with van der Waals surface area (Å²) in [6.07, 6.45) is 0.584. The summed E-state index contributed by atoms with van der Waals surface area (Å²) in [6.45, 7) is 2.99. The van der Waals surface area contributed by atoms with Crippen LogP contribution in [0.5, 0.6) is 0 Å². The van der Waals surface area contributed by atoms with E-state index in [1.54, 1.807) is 4.90 Å². The first kappa shape index (κ1) is 15.8. The highest BCUT2D eigenvalue weighted by atomic mass is 32.2. The number of hydrogen-bond acceptors (Lipinski definition) is 5. The maximum absolute atomic E-state index is 12.8. The van der Waals surface area contributed by atoms with Gasteiger partial charge in [-0.3, -0.25) is 9.78 Å². The molecule has 1 N–H and O–H groups in total. The minimum absolute atomic E-state index is 0.0558. The Kier molecular flexibility index (Phi) is 3.99. The molecule has 2 aromatic rings. The molecule has 9 heteroatoms. The minimum Gasteiger partial charge on any atom is -0.408 e. The van der Waals surface area contributed by atoms with Gasteiger partial charge in [0.25, 0.3) is 0 Å². The van der Waals surface area contributed by atoms with Crippen molar-refractivity contribution in [2.24, 2.45) is 0 Å². The molecule has 0 bridgehead atoms. The number of carbonyl (C=O) groups excluding carboxylic acids is 1. The molecule has 1 aromatic carbocycles. The number of nitrogens with zero attached hydrogens (tertiary/aromatic N) is 2. The summed E-state index contributed by atoms with van der Waals surface area (Å²) in [4.78, 5) is 26.8. The number of oxazole rings is 1. The Morgan fingerprint density at radius 2 is 2.00 bits per heavy atom. The summed E-state index contributed by atoms with van der Waals surface area (Å²) >= 11 is 0. The molecule has 0 spiro atoms. The van der Waals surface area contributed by atoms with Gasteiger partial charge < -0.3 is 9.32 Å². The molecule has 0 aliphatic carbocycles. The van der Waals surface area contributed by atoms with Gasteiger partial charge in [0.15, 0.2) is 5.58 Å². The molecule has 0 radical (unpaired) electrons. The Balaban J connectivity index is 1.90. The van der Waals surface area contributed by atoms with Crippen LogP contribution in [0.1, 0.15) is 13.3 Å². The van der Waals surface area contributed by atoms with E-state index >= 15 is 0 Å². The first-order chi connectivity index (χ1) is 10.9. The lowest BCUT2D eigenvalue weighted by Crippen LogP contribution is -2.36. The van der Waals surface area contributed by atoms with Gasteiger partial charge in [0.1, 0.15) is 0 Å². The number of amides is 1. The van der Waals surface area contributed by atoms with Crippen LogP contribution in [-0.2, 0) is 14.8 Å². The van der Waals surface area contributed by atoms with Crippen LogP contribution in [0.3, 0.4) is 0 Å². The smallest absolute Gasteiger partial charge is 0.408 e. The quantitative estimate of drug-likeness (QED) is 0.851. The summed E-state index contributed by atoms with van der Waals surface area (Å²) in [5, 5.41) is 0. The zero-order valence-electron chi connectivity index (χ0n) is 12.6. The number of aromatic nitrogens is 1. The van der Waals surface area contributed by atoms with E-state index in [9.17, 15) is 18.0 Å². The van der Waals surface area contributed by atoms with Crippen molar-refractivity contribution in [1.29, 1.82) is 0 Å². The van der Waals surface area contributed by atoms with E-state index < -0.39 is 15.8 Å². The molecule has 1 aliphatic heterocycles. The molecule has 1 saturated heterocycles. The standard InChI is InChI=1S/C14H17N3O5S/c1-10(18)16-5-2-6-17(8-7-16)23(20,21)11-3-4-12-13(9-11)22-14(19)15-12/h3-4,9H,2,5-8H2,1H3,(H,15,19). The minimum atomic E-state index is -3.70. The molecule has 0 saturated carbocycles. The van der Waals surface area contributed by atoms with E-state index in [2.05, 4.69) is 4.98 Å². The average molecular weight is 339 g/mol. The van der Waals surface area contributed by atoms with E-state index in [1.165, 1.54) is 29.4 Å². The van der Waals surface area contributed by atoms with Gasteiger partial charge in [0.2, 0.25) is 15.9 Å². The number of carbonyl (C=O) groups is 1. The number of benzene rings is 1. The van der Waals surface area contributed by atoms with Gasteiger partial charge in [-0.25, -0.2) is 13.2 Å². The molecule has 1 fully saturated rings. The third-order valence-corrected chi connectivity index (χ3v) is 5.83. The van der Waals surface area contributed by atoms with Crippen LogP contribution < -0.4 is 5.76 Å². The lowest BCUT2D eigenvalue weighted by molar-refractivity contribution is -0.128. The molecule has 0 atom stereocenters. The third-order valence-electron chi connectivity index (χ3n) is 3.93. The fraction of sp³-hybridized carbons (Fsp3) is 0.429. The first-order valence-electron chi connectivity index (χ1n) is 7.26. The predicted molar refractivity (Wildman–Crippen MR) is 82.5 cm³/mol. The van der Waals surface area contributed by atoms with Crippen LogP contribution in [0.25, 0.3) is 11.1 Å². The highest BCUT2D eigenvalue weighted by Crippen LogP contribution is 2.21. The lowest BCUT2D eigenvalue weighted by Gasteiger charge is -2.21. The monoisotopic (exact) mass is 339 g/mol. The van der Waals surface area contributed by atoms with Gasteiger partial charge in [0, 0.05) is 39.2 Å². The highest BCUT2D eigenvalue weighted by molar-refractivity contribution is 7.89. The zero-order chi connectivity index (χ0) is 16.6. The molecular formula is C14H17N3O5S. The van der Waals surface area contributed by atoms with Crippen LogP contribution in [-0.4, -0.2) is 54.7 Å². The van der Waals surface area contributed by atoms with Crippen molar-refractivity contribution in [2.75, 3.05) is 26.2 Å². The van der Waals surface area contributed by atoms with E-state index in [0.717, 1.165) is 0 Å². The molecule has 0 unspecified atom stereocenters. The highest BCUT2D eigenvalue weighted by Gasteiger charge is 2.28. The second-order valence-corrected chi connectivity index (χ2v) is 7.37. The Hall–Kier alpha value is -2.13. The molecule has 124 valence electrons. The van der Waals surface area contributed by atoms with E-state index in [4.69, 9.17) is 4.42 Å². The van der Waals surface area contributed by atoms with Crippen LogP contribution in [0.4, 0.5) is 0 Å². The van der Waals surface area contributed by atoms with Gasteiger partial charge >= 0.3 is 5.76 Å². The fourth-order valence-electron chi connectivity index (χ4n) is 2.68. The number of H-pyrrole nitrogens is 1. The largest absolute Gasteiger partial charge is 0.417 e. The van der Waals surface area contributed by atoms with E-state index in [1.807, 2.05) is 0 Å². The van der Waals surface area contributed by atoms with Gasteiger partial charge in [-0.15, -0.1) is 0 Å². The van der Waals surface area contributed by atoms with Gasteiger partial charge in [0.05, 0.1) is 10.4 Å². The topological polar surface area (TPSA) is 104 Å². The number of sulfonamides is 1. The Labute approximate surface area is 132 Å². The average Bonchev–Trinajstić information content (AvgIpc) is 2.71. The fourth-order valence-corrected chi connectivity index (χ4v) is 4.17. The van der Waals surface area contributed by atoms with Gasteiger partial charge in [-0.1, -0.05) is 0 Å². The van der Waals surface area contributed by atoms with Crippen LogP contribution in [0.15, 0.2) is 32.3 Å². The van der Waals surface area contributed by atoms with E-state index in [-0.39, 0.29) is 22.9 Å². The molecule has 1 aromatic heterocycles. The van der Waals surface area contributed by atoms with Crippen LogP contribution in [0.2, 0.25) is 0 Å². The zero-order valence-corrected chi connectivity index (χ0v) is 13.4. The Bertz CT molecular complexity index is 899. The van der Waals surface area contributed by atoms with Gasteiger partial charge in [-0.05, 0) is 18.6 Å². The van der Waals surface area contributed by atoms with Crippen molar-refractivity contribution in [3.63, 3.8) is 0 Å². The second-order valence-electron chi connectivity index (χ2n) is 5.44. The summed E-state index contributed by atoms with van der Waals surface area (Å²) < 4.78 is 31.8. The Morgan fingerprint density at radius 1 is 1.22 bits per heavy atom. The molecule has 23 heavy (non-hydrogen) atoms. The summed E-state index contributed by atoms with van der Waals surface area (Å²) in [7, 11) is -3.70. The van der Waals surface area contributed by atoms with E-state index in [0.29, 0.717) is 31.6 Å². The molecular weight excluding hydrogens is 322 g/mol. The number of hydrogen-bond donors (Lipinski definition) is 1. The SMILES string of the molecule is CC(=O)N1CCCN(S(=O)(=O)c2ccc3[nH]c(=O)oc3c2)CC1. The number of nitrogens with one attached hydrogen (secondary N) is 1. The van der Waals surface area contributed by atoms with Crippen molar-refractivity contribution < 1.29 is 17.6 Å². The van der Waals surface area contributed by atoms with Gasteiger partial charge in [-0.2, -0.15) is 4.31 Å². The summed E-state index contributed by atoms with van der Waals surface area (Å²) in [6, 6.07) is 4.29. The Morgan fingerprint density at radius 3 is 2.74 bits per heavy atom. The second kappa shape index (κ2) is 5.82. The van der Waals surface area contributed by atoms with Crippen molar-refractivity contribution in [3.05, 3.63) is 28.7 Å². The maximum Gasteiger partial charge on any atom is 0.417 e. The van der Waals surface area contributed by atoms with Crippen LogP contribution >= 0.6 is 0 Å². The maximum atomic E-state index is 12.8. The molecule has 1 amide bonds. The normalized spacial score (nSPS) is 17.3.